The number of hydrogen-bond acceptors (Lipinski definition) is 5. The summed E-state index contributed by atoms with van der Waals surface area (Å²) in [6, 6.07) is 8.39. The molecule has 1 aromatic heterocycles. The summed E-state index contributed by atoms with van der Waals surface area (Å²) >= 11 is 1.66. The van der Waals surface area contributed by atoms with Crippen molar-refractivity contribution in [3.8, 4) is 0 Å². The maximum Gasteiger partial charge on any atom is 0.187 e. The summed E-state index contributed by atoms with van der Waals surface area (Å²) in [7, 11) is 0. The van der Waals surface area contributed by atoms with E-state index in [-0.39, 0.29) is 5.41 Å². The largest absolute Gasteiger partial charge is 0.332 e. The van der Waals surface area contributed by atoms with E-state index >= 15 is 0 Å². The number of aryl methyl sites for hydroxylation is 1. The summed E-state index contributed by atoms with van der Waals surface area (Å²) in [4.78, 5) is 7.16. The van der Waals surface area contributed by atoms with Crippen molar-refractivity contribution in [3.05, 3.63) is 40.9 Å². The van der Waals surface area contributed by atoms with Crippen LogP contribution in [0.1, 0.15) is 24.6 Å². The van der Waals surface area contributed by atoms with Crippen molar-refractivity contribution < 1.29 is 0 Å². The molecule has 0 spiro atoms. The molecule has 3 rings (SSSR count). The molecule has 0 radical (unpaired) electrons. The maximum absolute atomic E-state index is 5.87. The molecule has 4 nitrogen and oxygen atoms in total. The predicted molar refractivity (Wildman–Crippen MR) is 93.6 cm³/mol. The van der Waals surface area contributed by atoms with Gasteiger partial charge in [0.1, 0.15) is 0 Å². The third kappa shape index (κ3) is 3.66. The molecule has 0 saturated carbocycles. The van der Waals surface area contributed by atoms with Gasteiger partial charge in [-0.3, -0.25) is 4.90 Å². The zero-order valence-corrected chi connectivity index (χ0v) is 14.1. The van der Waals surface area contributed by atoms with Crippen LogP contribution in [-0.2, 0) is 6.54 Å². The van der Waals surface area contributed by atoms with Gasteiger partial charge in [0.25, 0.3) is 0 Å². The summed E-state index contributed by atoms with van der Waals surface area (Å²) < 4.78 is 0. The quantitative estimate of drug-likeness (QED) is 0.888. The van der Waals surface area contributed by atoms with Gasteiger partial charge in [-0.05, 0) is 44.0 Å². The molecule has 1 atom stereocenters. The second-order valence-electron chi connectivity index (χ2n) is 6.61. The third-order valence-corrected chi connectivity index (χ3v) is 5.18. The van der Waals surface area contributed by atoms with Crippen LogP contribution in [0.4, 0.5) is 10.8 Å². The van der Waals surface area contributed by atoms with Gasteiger partial charge in [0.2, 0.25) is 0 Å². The van der Waals surface area contributed by atoms with Crippen molar-refractivity contribution in [1.82, 2.24) is 9.88 Å². The molecule has 2 aromatic rings. The number of nitrogens with two attached hydrogens (primary N) is 1. The van der Waals surface area contributed by atoms with E-state index in [1.165, 1.54) is 12.0 Å². The lowest BCUT2D eigenvalue weighted by Gasteiger charge is -2.22. The van der Waals surface area contributed by atoms with Crippen molar-refractivity contribution in [1.29, 1.82) is 0 Å². The zero-order valence-electron chi connectivity index (χ0n) is 13.3. The number of aromatic nitrogens is 1. The molecule has 0 aliphatic carbocycles. The molecule has 118 valence electrons. The second kappa shape index (κ2) is 6.36. The molecular weight excluding hydrogens is 292 g/mol. The summed E-state index contributed by atoms with van der Waals surface area (Å²) in [5.41, 5.74) is 9.64. The first-order valence-electron chi connectivity index (χ1n) is 7.77. The van der Waals surface area contributed by atoms with Gasteiger partial charge in [-0.2, -0.15) is 0 Å². The van der Waals surface area contributed by atoms with Gasteiger partial charge < -0.3 is 11.1 Å². The lowest BCUT2D eigenvalue weighted by molar-refractivity contribution is 0.272. The average molecular weight is 316 g/mol. The smallest absolute Gasteiger partial charge is 0.187 e. The molecule has 1 fully saturated rings. The molecule has 2 heterocycles. The Morgan fingerprint density at radius 1 is 1.36 bits per heavy atom. The molecule has 1 aromatic carbocycles. The molecule has 3 N–H and O–H groups in total. The van der Waals surface area contributed by atoms with Crippen LogP contribution < -0.4 is 11.1 Å². The van der Waals surface area contributed by atoms with Gasteiger partial charge in [0.05, 0.1) is 5.69 Å². The van der Waals surface area contributed by atoms with E-state index in [9.17, 15) is 0 Å². The number of likely N-dealkylation sites (tertiary alicyclic amines) is 1. The Morgan fingerprint density at radius 2 is 2.14 bits per heavy atom. The summed E-state index contributed by atoms with van der Waals surface area (Å²) in [6.07, 6.45) is 1.18. The molecular formula is C17H24N4S. The number of anilines is 2. The highest BCUT2D eigenvalue weighted by Gasteiger charge is 2.32. The average Bonchev–Trinajstić information content (AvgIpc) is 3.10. The SMILES string of the molecule is Cc1ccc(Nc2nc(CN3CCC(C)(CN)C3)cs2)cc1. The molecule has 1 aliphatic rings. The summed E-state index contributed by atoms with van der Waals surface area (Å²) in [5.74, 6) is 0. The van der Waals surface area contributed by atoms with Gasteiger partial charge in [-0.25, -0.2) is 4.98 Å². The van der Waals surface area contributed by atoms with Crippen LogP contribution in [0.5, 0.6) is 0 Å². The second-order valence-corrected chi connectivity index (χ2v) is 7.47. The van der Waals surface area contributed by atoms with Crippen molar-refractivity contribution >= 4 is 22.2 Å². The van der Waals surface area contributed by atoms with E-state index in [2.05, 4.69) is 53.7 Å². The van der Waals surface area contributed by atoms with Crippen LogP contribution in [-0.4, -0.2) is 29.5 Å². The topological polar surface area (TPSA) is 54.2 Å². The number of rotatable bonds is 5. The molecule has 1 saturated heterocycles. The van der Waals surface area contributed by atoms with E-state index in [0.717, 1.165) is 42.7 Å². The summed E-state index contributed by atoms with van der Waals surface area (Å²) in [6.45, 7) is 8.24. The fourth-order valence-corrected chi connectivity index (χ4v) is 3.58. The first-order chi connectivity index (χ1) is 10.6. The van der Waals surface area contributed by atoms with Crippen LogP contribution in [0.15, 0.2) is 29.6 Å². The van der Waals surface area contributed by atoms with E-state index in [1.807, 2.05) is 0 Å². The Hall–Kier alpha value is -1.43. The highest BCUT2D eigenvalue weighted by atomic mass is 32.1. The van der Waals surface area contributed by atoms with Gasteiger partial charge >= 0.3 is 0 Å². The Labute approximate surface area is 136 Å². The number of nitrogens with zero attached hydrogens (tertiary/aromatic N) is 2. The monoisotopic (exact) mass is 316 g/mol. The number of thiazole rings is 1. The number of hydrogen-bond donors (Lipinski definition) is 2. The summed E-state index contributed by atoms with van der Waals surface area (Å²) in [5, 5.41) is 6.48. The van der Waals surface area contributed by atoms with Crippen LogP contribution >= 0.6 is 11.3 Å². The normalized spacial score (nSPS) is 22.1. The van der Waals surface area contributed by atoms with Gasteiger partial charge in [0, 0.05) is 24.2 Å². The van der Waals surface area contributed by atoms with Crippen LogP contribution in [0.3, 0.4) is 0 Å². The zero-order chi connectivity index (χ0) is 15.6. The minimum absolute atomic E-state index is 0.277. The Morgan fingerprint density at radius 3 is 2.82 bits per heavy atom. The van der Waals surface area contributed by atoms with Crippen LogP contribution in [0.2, 0.25) is 0 Å². The Balaban J connectivity index is 1.59. The van der Waals surface area contributed by atoms with E-state index in [1.54, 1.807) is 11.3 Å². The van der Waals surface area contributed by atoms with Crippen molar-refractivity contribution in [2.75, 3.05) is 25.0 Å². The van der Waals surface area contributed by atoms with Gasteiger partial charge in [0.15, 0.2) is 5.13 Å². The van der Waals surface area contributed by atoms with Gasteiger partial charge in [-0.1, -0.05) is 24.6 Å². The lowest BCUT2D eigenvalue weighted by Crippen LogP contribution is -2.31. The Bertz CT molecular complexity index is 622. The highest BCUT2D eigenvalue weighted by Crippen LogP contribution is 2.30. The minimum atomic E-state index is 0.277. The molecule has 1 aliphatic heterocycles. The molecule has 22 heavy (non-hydrogen) atoms. The van der Waals surface area contributed by atoms with Gasteiger partial charge in [-0.15, -0.1) is 11.3 Å². The fourth-order valence-electron chi connectivity index (χ4n) is 2.85. The van der Waals surface area contributed by atoms with Crippen molar-refractivity contribution in [3.63, 3.8) is 0 Å². The Kier molecular flexibility index (Phi) is 4.47. The molecule has 1 unspecified atom stereocenters. The number of benzene rings is 1. The van der Waals surface area contributed by atoms with Crippen molar-refractivity contribution in [2.24, 2.45) is 11.1 Å². The molecule has 5 heteroatoms. The molecule has 0 amide bonds. The lowest BCUT2D eigenvalue weighted by atomic mass is 9.90. The predicted octanol–water partition coefficient (Wildman–Crippen LogP) is 3.37. The minimum Gasteiger partial charge on any atom is -0.332 e. The van der Waals surface area contributed by atoms with Crippen molar-refractivity contribution in [2.45, 2.75) is 26.8 Å². The van der Waals surface area contributed by atoms with E-state index < -0.39 is 0 Å². The maximum atomic E-state index is 5.87. The first-order valence-corrected chi connectivity index (χ1v) is 8.65. The first kappa shape index (κ1) is 15.5. The van der Waals surface area contributed by atoms with Crippen LogP contribution in [0.25, 0.3) is 0 Å². The van der Waals surface area contributed by atoms with E-state index in [0.29, 0.717) is 0 Å². The highest BCUT2D eigenvalue weighted by molar-refractivity contribution is 7.13. The molecule has 0 bridgehead atoms. The van der Waals surface area contributed by atoms with E-state index in [4.69, 9.17) is 10.7 Å². The fraction of sp³-hybridized carbons (Fsp3) is 0.471. The number of nitrogens with one attached hydrogen (secondary N) is 1. The third-order valence-electron chi connectivity index (χ3n) is 4.37. The standard InChI is InChI=1S/C17H24N4S/c1-13-3-5-14(6-4-13)19-16-20-15(10-22-16)9-21-8-7-17(2,11-18)12-21/h3-6,10H,7-9,11-12,18H2,1-2H3,(H,19,20). The van der Waals surface area contributed by atoms with Crippen LogP contribution in [0, 0.1) is 12.3 Å².